The average Bonchev–Trinajstić information content (AvgIpc) is 2.31. The van der Waals surface area contributed by atoms with Gasteiger partial charge < -0.3 is 5.32 Å². The van der Waals surface area contributed by atoms with Gasteiger partial charge in [0.15, 0.2) is 11.6 Å². The van der Waals surface area contributed by atoms with Crippen LogP contribution in [-0.4, -0.2) is 23.2 Å². The van der Waals surface area contributed by atoms with E-state index in [0.29, 0.717) is 0 Å². The van der Waals surface area contributed by atoms with E-state index < -0.39 is 35.3 Å². The fourth-order valence-electron chi connectivity index (χ4n) is 1.67. The third-order valence-electron chi connectivity index (χ3n) is 2.59. The van der Waals surface area contributed by atoms with Gasteiger partial charge in [-0.3, -0.25) is 5.32 Å². The molecule has 1 aromatic rings. The summed E-state index contributed by atoms with van der Waals surface area (Å²) in [5.74, 6) is -1.32. The molecule has 0 aromatic carbocycles. The Labute approximate surface area is 133 Å². The van der Waals surface area contributed by atoms with Crippen molar-refractivity contribution in [1.82, 2.24) is 10.3 Å². The molecule has 0 aliphatic rings. The molecule has 1 unspecified atom stereocenters. The summed E-state index contributed by atoms with van der Waals surface area (Å²) < 4.78 is 52.5. The van der Waals surface area contributed by atoms with Crippen LogP contribution < -0.4 is 10.6 Å². The first-order valence-corrected chi connectivity index (χ1v) is 7.13. The Kier molecular flexibility index (Phi) is 5.77. The molecule has 1 heterocycles. The van der Waals surface area contributed by atoms with Crippen LogP contribution >= 0.6 is 15.9 Å². The lowest BCUT2D eigenvalue weighted by Gasteiger charge is -2.28. The smallest absolute Gasteiger partial charge is 0.326 e. The lowest BCUT2D eigenvalue weighted by atomic mass is 9.88. The summed E-state index contributed by atoms with van der Waals surface area (Å²) in [5.41, 5.74) is -0.646. The predicted molar refractivity (Wildman–Crippen MR) is 78.0 cm³/mol. The van der Waals surface area contributed by atoms with Gasteiger partial charge in [0, 0.05) is 6.20 Å². The van der Waals surface area contributed by atoms with Crippen LogP contribution in [0.2, 0.25) is 0 Å². The lowest BCUT2D eigenvalue weighted by Crippen LogP contribution is -2.48. The molecule has 1 atom stereocenters. The molecule has 0 saturated heterocycles. The molecular weight excluding hydrogens is 370 g/mol. The molecule has 0 saturated carbocycles. The number of nitrogens with zero attached hydrogens (tertiary/aromatic N) is 1. The van der Waals surface area contributed by atoms with E-state index in [1.807, 2.05) is 10.6 Å². The van der Waals surface area contributed by atoms with Crippen molar-refractivity contribution in [2.75, 3.05) is 5.32 Å². The Morgan fingerprint density at radius 3 is 2.45 bits per heavy atom. The van der Waals surface area contributed by atoms with E-state index in [2.05, 4.69) is 20.9 Å². The van der Waals surface area contributed by atoms with Gasteiger partial charge in [-0.05, 0) is 33.8 Å². The molecule has 0 radical (unpaired) electrons. The molecule has 2 N–H and O–H groups in total. The topological polar surface area (TPSA) is 54.0 Å². The fraction of sp³-hybridized carbons (Fsp3) is 0.538. The SMILES string of the molecule is CC(C)(C)CC(NC(=O)Nc1nccc(Br)c1F)C(F)(F)F. The number of alkyl halides is 3. The highest BCUT2D eigenvalue weighted by Gasteiger charge is 2.42. The molecular formula is C13H16BrF4N3O. The van der Waals surface area contributed by atoms with Crippen LogP contribution in [0.4, 0.5) is 28.2 Å². The van der Waals surface area contributed by atoms with E-state index in [1.165, 1.54) is 12.3 Å². The van der Waals surface area contributed by atoms with Gasteiger partial charge in [0.2, 0.25) is 0 Å². The van der Waals surface area contributed by atoms with Gasteiger partial charge in [-0.15, -0.1) is 0 Å². The highest BCUT2D eigenvalue weighted by Crippen LogP contribution is 2.30. The maximum absolute atomic E-state index is 13.6. The molecule has 0 fully saturated rings. The van der Waals surface area contributed by atoms with Crippen LogP contribution in [0.1, 0.15) is 27.2 Å². The molecule has 4 nitrogen and oxygen atoms in total. The molecule has 22 heavy (non-hydrogen) atoms. The Hall–Kier alpha value is -1.38. The second kappa shape index (κ2) is 6.80. The summed E-state index contributed by atoms with van der Waals surface area (Å²) in [7, 11) is 0. The predicted octanol–water partition coefficient (Wildman–Crippen LogP) is 4.47. The Balaban J connectivity index is 2.81. The molecule has 0 aliphatic heterocycles. The summed E-state index contributed by atoms with van der Waals surface area (Å²) in [5, 5.41) is 3.78. The molecule has 124 valence electrons. The zero-order valence-corrected chi connectivity index (χ0v) is 13.8. The molecule has 2 amide bonds. The number of nitrogens with one attached hydrogen (secondary N) is 2. The van der Waals surface area contributed by atoms with Gasteiger partial charge in [0.1, 0.15) is 6.04 Å². The van der Waals surface area contributed by atoms with E-state index in [9.17, 15) is 22.4 Å². The van der Waals surface area contributed by atoms with E-state index in [4.69, 9.17) is 0 Å². The van der Waals surface area contributed by atoms with Crippen LogP contribution in [0.25, 0.3) is 0 Å². The summed E-state index contributed by atoms with van der Waals surface area (Å²) in [4.78, 5) is 15.2. The Bertz CT molecular complexity index is 543. The minimum absolute atomic E-state index is 0.0415. The van der Waals surface area contributed by atoms with Crippen LogP contribution in [0.15, 0.2) is 16.7 Å². The third-order valence-corrected chi connectivity index (χ3v) is 3.20. The van der Waals surface area contributed by atoms with E-state index in [1.54, 1.807) is 20.8 Å². The third kappa shape index (κ3) is 5.78. The van der Waals surface area contributed by atoms with Gasteiger partial charge in [-0.2, -0.15) is 13.2 Å². The lowest BCUT2D eigenvalue weighted by molar-refractivity contribution is -0.158. The number of carbonyl (C=O) groups is 1. The number of pyridine rings is 1. The largest absolute Gasteiger partial charge is 0.408 e. The van der Waals surface area contributed by atoms with Crippen LogP contribution in [0.5, 0.6) is 0 Å². The number of hydrogen-bond acceptors (Lipinski definition) is 2. The monoisotopic (exact) mass is 385 g/mol. The molecule has 9 heteroatoms. The number of hydrogen-bond donors (Lipinski definition) is 2. The van der Waals surface area contributed by atoms with Crippen molar-refractivity contribution < 1.29 is 22.4 Å². The van der Waals surface area contributed by atoms with Crippen LogP contribution in [0, 0.1) is 11.2 Å². The van der Waals surface area contributed by atoms with E-state index in [0.717, 1.165) is 0 Å². The Morgan fingerprint density at radius 2 is 1.95 bits per heavy atom. The number of urea groups is 1. The highest BCUT2D eigenvalue weighted by atomic mass is 79.9. The average molecular weight is 386 g/mol. The van der Waals surface area contributed by atoms with Crippen molar-refractivity contribution in [2.24, 2.45) is 5.41 Å². The van der Waals surface area contributed by atoms with Crippen molar-refractivity contribution in [3.63, 3.8) is 0 Å². The molecule has 1 aromatic heterocycles. The number of halogens is 5. The standard InChI is InChI=1S/C13H16BrF4N3O/c1-12(2,3)6-8(13(16,17)18)20-11(22)21-10-9(15)7(14)4-5-19-10/h4-5,8H,6H2,1-3H3,(H2,19,20,21,22). The van der Waals surface area contributed by atoms with Crippen molar-refractivity contribution in [1.29, 1.82) is 0 Å². The molecule has 0 aliphatic carbocycles. The quantitative estimate of drug-likeness (QED) is 0.754. The van der Waals surface area contributed by atoms with Crippen molar-refractivity contribution >= 4 is 27.8 Å². The van der Waals surface area contributed by atoms with Crippen molar-refractivity contribution in [2.45, 2.75) is 39.4 Å². The number of carbonyl (C=O) groups excluding carboxylic acids is 1. The minimum Gasteiger partial charge on any atom is -0.326 e. The highest BCUT2D eigenvalue weighted by molar-refractivity contribution is 9.10. The number of amides is 2. The van der Waals surface area contributed by atoms with Gasteiger partial charge in [0.25, 0.3) is 0 Å². The zero-order valence-electron chi connectivity index (χ0n) is 12.2. The van der Waals surface area contributed by atoms with E-state index >= 15 is 0 Å². The first kappa shape index (κ1) is 18.7. The molecule has 1 rings (SSSR count). The summed E-state index contributed by atoms with van der Waals surface area (Å²) in [6.45, 7) is 4.88. The normalized spacial score (nSPS) is 13.6. The first-order chi connectivity index (χ1) is 9.90. The van der Waals surface area contributed by atoms with Gasteiger partial charge in [0.05, 0.1) is 4.47 Å². The van der Waals surface area contributed by atoms with Crippen LogP contribution in [-0.2, 0) is 0 Å². The van der Waals surface area contributed by atoms with Gasteiger partial charge >= 0.3 is 12.2 Å². The van der Waals surface area contributed by atoms with Gasteiger partial charge in [-0.1, -0.05) is 20.8 Å². The van der Waals surface area contributed by atoms with Crippen molar-refractivity contribution in [3.05, 3.63) is 22.6 Å². The summed E-state index contributed by atoms with van der Waals surface area (Å²) in [6, 6.07) is -1.91. The molecule has 0 spiro atoms. The summed E-state index contributed by atoms with van der Waals surface area (Å²) >= 11 is 2.89. The maximum Gasteiger partial charge on any atom is 0.408 e. The minimum atomic E-state index is -4.60. The number of rotatable bonds is 3. The Morgan fingerprint density at radius 1 is 1.36 bits per heavy atom. The number of aromatic nitrogens is 1. The second-order valence-electron chi connectivity index (χ2n) is 5.91. The molecule has 0 bridgehead atoms. The fourth-order valence-corrected chi connectivity index (χ4v) is 1.98. The summed E-state index contributed by atoms with van der Waals surface area (Å²) in [6.07, 6.45) is -3.70. The second-order valence-corrected chi connectivity index (χ2v) is 6.77. The first-order valence-electron chi connectivity index (χ1n) is 6.34. The number of anilines is 1. The van der Waals surface area contributed by atoms with Crippen LogP contribution in [0.3, 0.4) is 0 Å². The van der Waals surface area contributed by atoms with Gasteiger partial charge in [-0.25, -0.2) is 14.2 Å². The van der Waals surface area contributed by atoms with Crippen molar-refractivity contribution in [3.8, 4) is 0 Å². The maximum atomic E-state index is 13.6. The van der Waals surface area contributed by atoms with E-state index in [-0.39, 0.29) is 10.9 Å². The zero-order chi connectivity index (χ0) is 17.1.